The molecule has 0 amide bonds. The van der Waals surface area contributed by atoms with Crippen molar-refractivity contribution >= 4 is 6.01 Å². The van der Waals surface area contributed by atoms with Crippen molar-refractivity contribution in [1.29, 1.82) is 0 Å². The molecule has 2 rings (SSSR count). The van der Waals surface area contributed by atoms with E-state index in [0.29, 0.717) is 30.4 Å². The van der Waals surface area contributed by atoms with Crippen molar-refractivity contribution < 1.29 is 9.15 Å². The molecule has 1 aromatic rings. The van der Waals surface area contributed by atoms with Gasteiger partial charge in [-0.15, -0.1) is 5.10 Å². The highest BCUT2D eigenvalue weighted by atomic mass is 16.5. The van der Waals surface area contributed by atoms with Gasteiger partial charge >= 0.3 is 6.01 Å². The molecular weight excluding hydrogens is 256 g/mol. The van der Waals surface area contributed by atoms with Crippen molar-refractivity contribution in [2.45, 2.75) is 58.7 Å². The fourth-order valence-corrected chi connectivity index (χ4v) is 2.25. The maximum absolute atomic E-state index is 5.61. The number of hydrogen-bond donors (Lipinski definition) is 2. The van der Waals surface area contributed by atoms with Gasteiger partial charge < -0.3 is 19.8 Å². The smallest absolute Gasteiger partial charge is 0.315 e. The summed E-state index contributed by atoms with van der Waals surface area (Å²) in [4.78, 5) is 0. The van der Waals surface area contributed by atoms with Crippen LogP contribution in [0.1, 0.15) is 46.4 Å². The molecule has 1 unspecified atom stereocenters. The number of hydrogen-bond acceptors (Lipinski definition) is 6. The second kappa shape index (κ2) is 6.54. The van der Waals surface area contributed by atoms with Crippen molar-refractivity contribution in [3.63, 3.8) is 0 Å². The van der Waals surface area contributed by atoms with Crippen molar-refractivity contribution in [2.24, 2.45) is 5.92 Å². The van der Waals surface area contributed by atoms with Gasteiger partial charge in [-0.05, 0) is 46.5 Å². The third-order valence-corrected chi connectivity index (χ3v) is 3.56. The Kier molecular flexibility index (Phi) is 4.99. The zero-order valence-electron chi connectivity index (χ0n) is 12.9. The predicted octanol–water partition coefficient (Wildman–Crippen LogP) is 2.18. The minimum absolute atomic E-state index is 0.0391. The summed E-state index contributed by atoms with van der Waals surface area (Å²) in [5, 5.41) is 14.7. The van der Waals surface area contributed by atoms with Crippen LogP contribution in [0.2, 0.25) is 0 Å². The van der Waals surface area contributed by atoms with Crippen LogP contribution >= 0.6 is 0 Å². The molecule has 20 heavy (non-hydrogen) atoms. The van der Waals surface area contributed by atoms with Gasteiger partial charge in [-0.1, -0.05) is 5.10 Å². The zero-order chi connectivity index (χ0) is 14.6. The van der Waals surface area contributed by atoms with Crippen LogP contribution in [0.3, 0.4) is 0 Å². The van der Waals surface area contributed by atoms with E-state index >= 15 is 0 Å². The van der Waals surface area contributed by atoms with Gasteiger partial charge in [0.05, 0.1) is 6.54 Å². The van der Waals surface area contributed by atoms with Gasteiger partial charge in [0.1, 0.15) is 0 Å². The highest BCUT2D eigenvalue weighted by Gasteiger charge is 2.22. The average Bonchev–Trinajstić information content (AvgIpc) is 2.84. The van der Waals surface area contributed by atoms with Crippen LogP contribution in [0.5, 0.6) is 0 Å². The second-order valence-electron chi connectivity index (χ2n) is 6.49. The first kappa shape index (κ1) is 15.3. The first-order chi connectivity index (χ1) is 9.44. The Bertz CT molecular complexity index is 408. The fourth-order valence-electron chi connectivity index (χ4n) is 2.25. The summed E-state index contributed by atoms with van der Waals surface area (Å²) in [6.45, 7) is 10.8. The highest BCUT2D eigenvalue weighted by Crippen LogP contribution is 2.21. The number of aromatic nitrogens is 2. The van der Waals surface area contributed by atoms with Crippen LogP contribution in [0.15, 0.2) is 4.42 Å². The third-order valence-electron chi connectivity index (χ3n) is 3.56. The van der Waals surface area contributed by atoms with Gasteiger partial charge in [0.15, 0.2) is 0 Å². The molecule has 114 valence electrons. The normalized spacial score (nSPS) is 19.0. The minimum Gasteiger partial charge on any atom is -0.407 e. The number of ether oxygens (including phenoxy) is 1. The maximum Gasteiger partial charge on any atom is 0.315 e. The van der Waals surface area contributed by atoms with Gasteiger partial charge in [-0.25, -0.2) is 0 Å². The van der Waals surface area contributed by atoms with Crippen LogP contribution < -0.4 is 10.6 Å². The van der Waals surface area contributed by atoms with Crippen LogP contribution in [-0.4, -0.2) is 35.0 Å². The molecule has 2 heterocycles. The molecule has 1 atom stereocenters. The molecule has 6 nitrogen and oxygen atoms in total. The molecule has 6 heteroatoms. The van der Waals surface area contributed by atoms with E-state index in [-0.39, 0.29) is 5.54 Å². The molecule has 1 fully saturated rings. The van der Waals surface area contributed by atoms with Crippen LogP contribution in [0.25, 0.3) is 0 Å². The molecule has 0 bridgehead atoms. The summed E-state index contributed by atoms with van der Waals surface area (Å²) in [5.74, 6) is 1.22. The van der Waals surface area contributed by atoms with Gasteiger partial charge in [-0.2, -0.15) is 0 Å². The average molecular weight is 282 g/mol. The van der Waals surface area contributed by atoms with E-state index in [1.807, 2.05) is 0 Å². The predicted molar refractivity (Wildman–Crippen MR) is 77.5 cm³/mol. The van der Waals surface area contributed by atoms with E-state index in [9.17, 15) is 0 Å². The highest BCUT2D eigenvalue weighted by molar-refractivity contribution is 5.19. The van der Waals surface area contributed by atoms with Gasteiger partial charge in [-0.3, -0.25) is 0 Å². The molecule has 0 aromatic carbocycles. The minimum atomic E-state index is 0.0391. The molecule has 0 saturated carbocycles. The van der Waals surface area contributed by atoms with Crippen LogP contribution in [0.4, 0.5) is 6.01 Å². The Morgan fingerprint density at radius 1 is 1.25 bits per heavy atom. The van der Waals surface area contributed by atoms with E-state index in [1.54, 1.807) is 0 Å². The summed E-state index contributed by atoms with van der Waals surface area (Å²) in [6, 6.07) is 0.831. The number of rotatable bonds is 5. The van der Waals surface area contributed by atoms with E-state index < -0.39 is 0 Å². The molecule has 0 radical (unpaired) electrons. The second-order valence-corrected chi connectivity index (χ2v) is 6.49. The van der Waals surface area contributed by atoms with Crippen molar-refractivity contribution in [2.75, 3.05) is 18.5 Å². The van der Waals surface area contributed by atoms with E-state index in [1.165, 1.54) is 0 Å². The fraction of sp³-hybridized carbons (Fsp3) is 0.857. The van der Waals surface area contributed by atoms with Crippen molar-refractivity contribution in [3.8, 4) is 0 Å². The van der Waals surface area contributed by atoms with Gasteiger partial charge in [0.2, 0.25) is 5.89 Å². The number of nitrogens with one attached hydrogen (secondary N) is 2. The Labute approximate surface area is 120 Å². The van der Waals surface area contributed by atoms with Crippen LogP contribution in [-0.2, 0) is 11.3 Å². The lowest BCUT2D eigenvalue weighted by Crippen LogP contribution is -2.35. The van der Waals surface area contributed by atoms with Gasteiger partial charge in [0, 0.05) is 24.8 Å². The van der Waals surface area contributed by atoms with E-state index in [0.717, 1.165) is 26.1 Å². The standard InChI is InChI=1S/C14H26N4O2/c1-10(11-5-7-19-8-6-11)16-13-18-17-12(20-13)9-15-14(2,3)4/h10-11,15H,5-9H2,1-4H3,(H,16,18). The summed E-state index contributed by atoms with van der Waals surface area (Å²) in [7, 11) is 0. The molecule has 1 aliphatic heterocycles. The summed E-state index contributed by atoms with van der Waals surface area (Å²) in [5.41, 5.74) is 0.0391. The zero-order valence-corrected chi connectivity index (χ0v) is 12.9. The monoisotopic (exact) mass is 282 g/mol. The molecule has 1 aromatic heterocycles. The first-order valence-corrected chi connectivity index (χ1v) is 7.36. The summed E-state index contributed by atoms with van der Waals surface area (Å²) >= 11 is 0. The Morgan fingerprint density at radius 2 is 1.95 bits per heavy atom. The van der Waals surface area contributed by atoms with Crippen molar-refractivity contribution in [1.82, 2.24) is 15.5 Å². The van der Waals surface area contributed by atoms with E-state index in [4.69, 9.17) is 9.15 Å². The number of nitrogens with zero attached hydrogens (tertiary/aromatic N) is 2. The summed E-state index contributed by atoms with van der Waals surface area (Å²) in [6.07, 6.45) is 2.17. The molecule has 0 aliphatic carbocycles. The maximum atomic E-state index is 5.61. The first-order valence-electron chi connectivity index (χ1n) is 7.36. The lowest BCUT2D eigenvalue weighted by Gasteiger charge is -2.27. The third kappa shape index (κ3) is 4.76. The molecule has 0 spiro atoms. The lowest BCUT2D eigenvalue weighted by molar-refractivity contribution is 0.0620. The SMILES string of the molecule is CC(Nc1nnc(CNC(C)(C)C)o1)C1CCOCC1. The number of anilines is 1. The Balaban J connectivity index is 1.82. The largest absolute Gasteiger partial charge is 0.407 e. The molecule has 1 aliphatic rings. The topological polar surface area (TPSA) is 72.2 Å². The lowest BCUT2D eigenvalue weighted by atomic mass is 9.93. The molecular formula is C14H26N4O2. The molecule has 1 saturated heterocycles. The van der Waals surface area contributed by atoms with Crippen LogP contribution in [0, 0.1) is 5.92 Å². The molecule has 2 N–H and O–H groups in total. The quantitative estimate of drug-likeness (QED) is 0.862. The van der Waals surface area contributed by atoms with E-state index in [2.05, 4.69) is 48.5 Å². The summed E-state index contributed by atoms with van der Waals surface area (Å²) < 4.78 is 11.0. The van der Waals surface area contributed by atoms with Gasteiger partial charge in [0.25, 0.3) is 0 Å². The Morgan fingerprint density at radius 3 is 2.60 bits per heavy atom. The Hall–Kier alpha value is -1.14. The van der Waals surface area contributed by atoms with Crippen molar-refractivity contribution in [3.05, 3.63) is 5.89 Å².